The highest BCUT2D eigenvalue weighted by Gasteiger charge is 2.16. The largest absolute Gasteiger partial charge is 0.481 e. The molecule has 0 spiro atoms. The van der Waals surface area contributed by atoms with Crippen LogP contribution in [0.3, 0.4) is 0 Å². The van der Waals surface area contributed by atoms with E-state index in [1.165, 1.54) is 16.4 Å². The summed E-state index contributed by atoms with van der Waals surface area (Å²) in [6.45, 7) is 4.81. The Morgan fingerprint density at radius 2 is 1.61 bits per heavy atom. The molecule has 31 heavy (non-hydrogen) atoms. The number of fused-ring (bicyclic) bond motifs is 4. The maximum atomic E-state index is 12.8. The van der Waals surface area contributed by atoms with Gasteiger partial charge in [-0.3, -0.25) is 4.79 Å². The maximum absolute atomic E-state index is 12.8. The van der Waals surface area contributed by atoms with Crippen LogP contribution in [0.1, 0.15) is 13.8 Å². The Labute approximate surface area is 181 Å². The van der Waals surface area contributed by atoms with Crippen LogP contribution in [0.4, 0.5) is 5.69 Å². The Morgan fingerprint density at radius 3 is 2.45 bits per heavy atom. The number of carbonyl (C=O) groups is 1. The second-order valence-corrected chi connectivity index (χ2v) is 7.75. The SMILES string of the molecule is CCn1c2ccccc2c2cc(NC(=O)[C@@H](C)Oc3ccc4ccccc4c3)ccc21. The Balaban J connectivity index is 1.38. The fourth-order valence-electron chi connectivity index (χ4n) is 4.21. The molecule has 1 atom stereocenters. The quantitative estimate of drug-likeness (QED) is 0.367. The minimum Gasteiger partial charge on any atom is -0.481 e. The third-order valence-corrected chi connectivity index (χ3v) is 5.76. The second kappa shape index (κ2) is 7.80. The number of aromatic nitrogens is 1. The van der Waals surface area contributed by atoms with Gasteiger partial charge in [-0.1, -0.05) is 48.5 Å². The van der Waals surface area contributed by atoms with Crippen molar-refractivity contribution in [2.45, 2.75) is 26.5 Å². The zero-order valence-corrected chi connectivity index (χ0v) is 17.6. The molecule has 0 aliphatic carbocycles. The number of ether oxygens (including phenoxy) is 1. The van der Waals surface area contributed by atoms with Gasteiger partial charge in [-0.2, -0.15) is 0 Å². The van der Waals surface area contributed by atoms with Crippen molar-refractivity contribution in [3.8, 4) is 5.75 Å². The molecule has 5 aromatic rings. The Bertz CT molecular complexity index is 1420. The van der Waals surface area contributed by atoms with Crippen LogP contribution in [0.15, 0.2) is 84.9 Å². The topological polar surface area (TPSA) is 43.3 Å². The molecule has 0 aliphatic heterocycles. The van der Waals surface area contributed by atoms with Crippen molar-refractivity contribution in [2.75, 3.05) is 5.32 Å². The van der Waals surface area contributed by atoms with Gasteiger partial charge in [-0.25, -0.2) is 0 Å². The number of rotatable bonds is 5. The van der Waals surface area contributed by atoms with Crippen molar-refractivity contribution >= 4 is 44.2 Å². The number of para-hydroxylation sites is 1. The highest BCUT2D eigenvalue weighted by molar-refractivity contribution is 6.10. The Hall–Kier alpha value is -3.79. The molecule has 0 saturated carbocycles. The van der Waals surface area contributed by atoms with E-state index in [0.29, 0.717) is 5.75 Å². The van der Waals surface area contributed by atoms with Gasteiger partial charge in [0.2, 0.25) is 0 Å². The van der Waals surface area contributed by atoms with E-state index in [1.54, 1.807) is 6.92 Å². The van der Waals surface area contributed by atoms with Crippen molar-refractivity contribution in [1.82, 2.24) is 4.57 Å². The van der Waals surface area contributed by atoms with E-state index in [1.807, 2.05) is 54.6 Å². The second-order valence-electron chi connectivity index (χ2n) is 7.75. The van der Waals surface area contributed by atoms with E-state index >= 15 is 0 Å². The molecule has 1 N–H and O–H groups in total. The lowest BCUT2D eigenvalue weighted by atomic mass is 10.1. The number of amides is 1. The van der Waals surface area contributed by atoms with Crippen LogP contribution in [0.25, 0.3) is 32.6 Å². The van der Waals surface area contributed by atoms with E-state index in [0.717, 1.165) is 28.4 Å². The monoisotopic (exact) mass is 408 g/mol. The van der Waals surface area contributed by atoms with Gasteiger partial charge in [-0.05, 0) is 61.0 Å². The summed E-state index contributed by atoms with van der Waals surface area (Å²) in [6.07, 6.45) is -0.617. The van der Waals surface area contributed by atoms with Crippen molar-refractivity contribution in [1.29, 1.82) is 0 Å². The number of hydrogen-bond acceptors (Lipinski definition) is 2. The number of anilines is 1. The normalized spacial score (nSPS) is 12.3. The fraction of sp³-hybridized carbons (Fsp3) is 0.148. The van der Waals surface area contributed by atoms with Crippen LogP contribution in [-0.2, 0) is 11.3 Å². The summed E-state index contributed by atoms with van der Waals surface area (Å²) in [5.74, 6) is 0.509. The summed E-state index contributed by atoms with van der Waals surface area (Å²) in [4.78, 5) is 12.8. The third kappa shape index (κ3) is 3.50. The van der Waals surface area contributed by atoms with Crippen molar-refractivity contribution < 1.29 is 9.53 Å². The molecule has 1 aromatic heterocycles. The van der Waals surface area contributed by atoms with Crippen LogP contribution in [0.2, 0.25) is 0 Å². The first kappa shape index (κ1) is 19.2. The third-order valence-electron chi connectivity index (χ3n) is 5.76. The van der Waals surface area contributed by atoms with E-state index in [9.17, 15) is 4.79 Å². The summed E-state index contributed by atoms with van der Waals surface area (Å²) < 4.78 is 8.21. The minimum atomic E-state index is -0.617. The summed E-state index contributed by atoms with van der Waals surface area (Å²) in [6, 6.07) is 28.4. The van der Waals surface area contributed by atoms with Gasteiger partial charge in [0.15, 0.2) is 6.10 Å². The summed E-state index contributed by atoms with van der Waals surface area (Å²) >= 11 is 0. The summed E-state index contributed by atoms with van der Waals surface area (Å²) in [7, 11) is 0. The first-order valence-electron chi connectivity index (χ1n) is 10.6. The van der Waals surface area contributed by atoms with Crippen molar-refractivity contribution in [3.05, 3.63) is 84.9 Å². The molecule has 0 radical (unpaired) electrons. The number of aryl methyl sites for hydroxylation is 1. The molecule has 0 aliphatic rings. The van der Waals surface area contributed by atoms with Crippen LogP contribution in [0.5, 0.6) is 5.75 Å². The highest BCUT2D eigenvalue weighted by Crippen LogP contribution is 2.31. The number of nitrogens with zero attached hydrogens (tertiary/aromatic N) is 1. The highest BCUT2D eigenvalue weighted by atomic mass is 16.5. The average Bonchev–Trinajstić information content (AvgIpc) is 3.12. The summed E-state index contributed by atoms with van der Waals surface area (Å²) in [5.41, 5.74) is 3.14. The smallest absolute Gasteiger partial charge is 0.265 e. The minimum absolute atomic E-state index is 0.174. The molecule has 4 nitrogen and oxygen atoms in total. The van der Waals surface area contributed by atoms with Crippen LogP contribution in [-0.4, -0.2) is 16.6 Å². The molecule has 1 heterocycles. The lowest BCUT2D eigenvalue weighted by Crippen LogP contribution is -2.30. The molecular formula is C27H24N2O2. The molecule has 4 heteroatoms. The number of nitrogens with one attached hydrogen (secondary N) is 1. The molecule has 4 aromatic carbocycles. The lowest BCUT2D eigenvalue weighted by molar-refractivity contribution is -0.122. The van der Waals surface area contributed by atoms with Gasteiger partial charge in [0.05, 0.1) is 0 Å². The lowest BCUT2D eigenvalue weighted by Gasteiger charge is -2.15. The molecule has 0 saturated heterocycles. The number of hydrogen-bond donors (Lipinski definition) is 1. The first-order valence-corrected chi connectivity index (χ1v) is 10.6. The zero-order chi connectivity index (χ0) is 21.4. The van der Waals surface area contributed by atoms with Crippen LogP contribution < -0.4 is 10.1 Å². The average molecular weight is 409 g/mol. The number of benzene rings is 4. The van der Waals surface area contributed by atoms with Crippen LogP contribution >= 0.6 is 0 Å². The van der Waals surface area contributed by atoms with E-state index in [4.69, 9.17) is 4.74 Å². The molecule has 1 amide bonds. The summed E-state index contributed by atoms with van der Waals surface area (Å²) in [5, 5.41) is 7.57. The first-order chi connectivity index (χ1) is 15.1. The number of carbonyl (C=O) groups excluding carboxylic acids is 1. The van der Waals surface area contributed by atoms with Crippen molar-refractivity contribution in [2.24, 2.45) is 0 Å². The molecule has 0 unspecified atom stereocenters. The van der Waals surface area contributed by atoms with Gasteiger partial charge in [0, 0.05) is 34.0 Å². The molecule has 5 rings (SSSR count). The van der Waals surface area contributed by atoms with E-state index < -0.39 is 6.10 Å². The Morgan fingerprint density at radius 1 is 0.871 bits per heavy atom. The van der Waals surface area contributed by atoms with E-state index in [-0.39, 0.29) is 5.91 Å². The predicted octanol–water partition coefficient (Wildman–Crippen LogP) is 6.37. The standard InChI is InChI=1S/C27H24N2O2/c1-3-29-25-11-7-6-10-23(25)24-17-21(13-15-26(24)29)28-27(30)18(2)31-22-14-12-19-8-4-5-9-20(19)16-22/h4-18H,3H2,1-2H3,(H,28,30)/t18-/m1/s1. The van der Waals surface area contributed by atoms with Gasteiger partial charge in [0.1, 0.15) is 5.75 Å². The van der Waals surface area contributed by atoms with Crippen LogP contribution in [0, 0.1) is 0 Å². The van der Waals surface area contributed by atoms with Gasteiger partial charge in [-0.15, -0.1) is 0 Å². The zero-order valence-electron chi connectivity index (χ0n) is 17.6. The molecule has 0 fully saturated rings. The fourth-order valence-corrected chi connectivity index (χ4v) is 4.21. The van der Waals surface area contributed by atoms with Crippen molar-refractivity contribution in [3.63, 3.8) is 0 Å². The van der Waals surface area contributed by atoms with Gasteiger partial charge < -0.3 is 14.6 Å². The maximum Gasteiger partial charge on any atom is 0.265 e. The molecule has 154 valence electrons. The molecular weight excluding hydrogens is 384 g/mol. The predicted molar refractivity (Wildman–Crippen MR) is 128 cm³/mol. The Kier molecular flexibility index (Phi) is 4.83. The van der Waals surface area contributed by atoms with Gasteiger partial charge in [0.25, 0.3) is 5.91 Å². The van der Waals surface area contributed by atoms with Gasteiger partial charge >= 0.3 is 0 Å². The van der Waals surface area contributed by atoms with E-state index in [2.05, 4.69) is 47.1 Å². The molecule has 0 bridgehead atoms.